The van der Waals surface area contributed by atoms with Crippen molar-refractivity contribution >= 4 is 29.4 Å². The minimum absolute atomic E-state index is 0.0327. The van der Waals surface area contributed by atoms with Crippen LogP contribution in [0.2, 0.25) is 0 Å². The molecule has 0 spiro atoms. The van der Waals surface area contributed by atoms with Crippen LogP contribution in [0.4, 0.5) is 61.6 Å². The summed E-state index contributed by atoms with van der Waals surface area (Å²) in [6.45, 7) is 4.26. The smallest absolute Gasteiger partial charge is 0.416 e. The molecule has 0 bridgehead atoms. The number of likely N-dealkylation sites (tertiary alicyclic amines) is 1. The molecule has 316 valence electrons. The lowest BCUT2D eigenvalue weighted by atomic mass is 9.89. The summed E-state index contributed by atoms with van der Waals surface area (Å²) >= 11 is 0. The first-order valence-electron chi connectivity index (χ1n) is 18.7. The van der Waals surface area contributed by atoms with Crippen molar-refractivity contribution in [1.29, 1.82) is 0 Å². The van der Waals surface area contributed by atoms with Crippen molar-refractivity contribution in [2.24, 2.45) is 5.92 Å². The highest BCUT2D eigenvalue weighted by Gasteiger charge is 2.40. The molecule has 6 rings (SSSR count). The van der Waals surface area contributed by atoms with Gasteiger partial charge in [0.25, 0.3) is 0 Å². The molecule has 2 atom stereocenters. The van der Waals surface area contributed by atoms with E-state index in [2.05, 4.69) is 15.3 Å². The molecule has 0 saturated carbocycles. The Kier molecular flexibility index (Phi) is 12.7. The molecule has 11 nitrogen and oxygen atoms in total. The van der Waals surface area contributed by atoms with Gasteiger partial charge in [0.1, 0.15) is 6.61 Å². The third-order valence-corrected chi connectivity index (χ3v) is 10.6. The quantitative estimate of drug-likeness (QED) is 0.194. The molecule has 3 aromatic rings. The van der Waals surface area contributed by atoms with Gasteiger partial charge in [-0.25, -0.2) is 14.8 Å². The van der Waals surface area contributed by atoms with Gasteiger partial charge in [-0.1, -0.05) is 6.92 Å². The summed E-state index contributed by atoms with van der Waals surface area (Å²) in [5, 5.41) is 12.3. The van der Waals surface area contributed by atoms with Crippen LogP contribution in [0.15, 0.2) is 42.6 Å². The molecule has 1 aromatic heterocycles. The number of morpholine rings is 1. The number of alkyl halides is 9. The molecule has 58 heavy (non-hydrogen) atoms. The van der Waals surface area contributed by atoms with E-state index in [1.54, 1.807) is 11.8 Å². The molecule has 20 heteroatoms. The maximum atomic E-state index is 14.1. The monoisotopic (exact) mass is 832 g/mol. The Hall–Kier alpha value is -4.85. The number of carboxylic acids is 1. The predicted molar refractivity (Wildman–Crippen MR) is 191 cm³/mol. The van der Waals surface area contributed by atoms with Gasteiger partial charge in [-0.05, 0) is 86.3 Å². The Morgan fingerprint density at radius 3 is 2.10 bits per heavy atom. The molecule has 2 fully saturated rings. The van der Waals surface area contributed by atoms with Crippen molar-refractivity contribution in [2.75, 3.05) is 67.7 Å². The predicted octanol–water partition coefficient (Wildman–Crippen LogP) is 8.04. The summed E-state index contributed by atoms with van der Waals surface area (Å²) in [5.74, 6) is -1.46. The minimum atomic E-state index is -5.08. The Morgan fingerprint density at radius 1 is 0.879 bits per heavy atom. The number of fused-ring (bicyclic) bond motifs is 1. The van der Waals surface area contributed by atoms with E-state index in [1.165, 1.54) is 17.2 Å². The SMILES string of the molecule is CC[C@@H]1C[C@H](Nc2ncc(N3CCOCC3)c(Cc3cc(C(F)(F)F)cc(C(F)(F)F)c3)n2)c2cc(C(F)(F)F)ccc2N1C(=O)OCCN1CCC(C(=O)O)CC1. The molecule has 1 amide bonds. The highest BCUT2D eigenvalue weighted by atomic mass is 19.4. The number of piperidine rings is 1. The van der Waals surface area contributed by atoms with E-state index in [4.69, 9.17) is 9.47 Å². The van der Waals surface area contributed by atoms with Gasteiger partial charge in [-0.2, -0.15) is 39.5 Å². The lowest BCUT2D eigenvalue weighted by Crippen LogP contribution is -2.47. The second-order valence-electron chi connectivity index (χ2n) is 14.4. The number of carbonyl (C=O) groups is 2. The van der Waals surface area contributed by atoms with Gasteiger partial charge in [0.05, 0.1) is 65.1 Å². The number of nitrogens with one attached hydrogen (secondary N) is 1. The maximum absolute atomic E-state index is 14.1. The Labute approximate surface area is 327 Å². The number of nitrogens with zero attached hydrogens (tertiary/aromatic N) is 5. The largest absolute Gasteiger partial charge is 0.481 e. The number of anilines is 3. The highest BCUT2D eigenvalue weighted by Crippen LogP contribution is 2.44. The van der Waals surface area contributed by atoms with Crippen molar-refractivity contribution < 1.29 is 63.7 Å². The number of rotatable bonds is 10. The number of carbonyl (C=O) groups excluding carboxylic acids is 1. The number of aromatic nitrogens is 2. The van der Waals surface area contributed by atoms with Crippen molar-refractivity contribution in [3.05, 3.63) is 76.1 Å². The molecule has 0 aliphatic carbocycles. The lowest BCUT2D eigenvalue weighted by molar-refractivity contribution is -0.144. The summed E-state index contributed by atoms with van der Waals surface area (Å²) in [4.78, 5) is 38.9. The van der Waals surface area contributed by atoms with E-state index in [0.717, 1.165) is 12.1 Å². The fraction of sp³-hybridized carbons (Fsp3) is 0.526. The number of benzene rings is 2. The number of halogens is 9. The Morgan fingerprint density at radius 2 is 1.52 bits per heavy atom. The van der Waals surface area contributed by atoms with Crippen LogP contribution in [0.1, 0.15) is 72.2 Å². The van der Waals surface area contributed by atoms with Gasteiger partial charge in [0, 0.05) is 32.1 Å². The summed E-state index contributed by atoms with van der Waals surface area (Å²) in [6.07, 6.45) is -13.6. The first-order valence-corrected chi connectivity index (χ1v) is 18.7. The van der Waals surface area contributed by atoms with E-state index in [1.807, 2.05) is 4.90 Å². The standard InChI is InChI=1S/C38H41F9N6O5/c1-2-27-20-29(28-19-24(36(39,40)41)3-4-31(28)53(27)35(56)58-14-9-51-7-5-23(6-8-51)33(54)55)49-34-48-21-32(52-10-12-57-13-11-52)30(50-34)17-22-15-25(37(42,43)44)18-26(16-22)38(45,46)47/h3-4,15-16,18-19,21,23,27,29H,2,5-14,17,20H2,1H3,(H,54,55)(H,48,49,50)/t27-,29+/m1/s1. The molecule has 3 aliphatic heterocycles. The van der Waals surface area contributed by atoms with Gasteiger partial charge >= 0.3 is 30.6 Å². The number of ether oxygens (including phenoxy) is 2. The number of amides is 1. The van der Waals surface area contributed by atoms with E-state index >= 15 is 0 Å². The van der Waals surface area contributed by atoms with Gasteiger partial charge in [-0.15, -0.1) is 0 Å². The van der Waals surface area contributed by atoms with Crippen molar-refractivity contribution in [1.82, 2.24) is 14.9 Å². The normalized spacial score (nSPS) is 19.8. The zero-order chi connectivity index (χ0) is 42.0. The molecule has 2 aromatic carbocycles. The van der Waals surface area contributed by atoms with Crippen LogP contribution < -0.4 is 15.1 Å². The van der Waals surface area contributed by atoms with Gasteiger partial charge < -0.3 is 24.8 Å². The average Bonchev–Trinajstić information content (AvgIpc) is 3.17. The van der Waals surface area contributed by atoms with Crippen LogP contribution in [-0.2, 0) is 39.2 Å². The molecular weight excluding hydrogens is 791 g/mol. The Bertz CT molecular complexity index is 1910. The topological polar surface area (TPSA) is 120 Å². The average molecular weight is 833 g/mol. The first-order chi connectivity index (χ1) is 27.3. The lowest BCUT2D eigenvalue weighted by Gasteiger charge is -2.40. The van der Waals surface area contributed by atoms with Crippen molar-refractivity contribution in [3.8, 4) is 0 Å². The molecule has 3 aliphatic rings. The summed E-state index contributed by atoms with van der Waals surface area (Å²) in [7, 11) is 0. The van der Waals surface area contributed by atoms with Gasteiger partial charge in [-0.3, -0.25) is 14.6 Å². The van der Waals surface area contributed by atoms with E-state index < -0.39 is 71.7 Å². The number of hydrogen-bond donors (Lipinski definition) is 2. The number of carboxylic acid groups (broad SMARTS) is 1. The highest BCUT2D eigenvalue weighted by molar-refractivity contribution is 5.90. The maximum Gasteiger partial charge on any atom is 0.416 e. The first kappa shape index (κ1) is 42.7. The Balaban J connectivity index is 1.30. The zero-order valence-electron chi connectivity index (χ0n) is 31.2. The minimum Gasteiger partial charge on any atom is -0.481 e. The third kappa shape index (κ3) is 10.0. The van der Waals surface area contributed by atoms with Gasteiger partial charge in [0.15, 0.2) is 0 Å². The molecule has 0 unspecified atom stereocenters. The second kappa shape index (κ2) is 17.2. The van der Waals surface area contributed by atoms with E-state index in [-0.39, 0.29) is 60.8 Å². The fourth-order valence-corrected chi connectivity index (χ4v) is 7.55. The molecular formula is C38H41F9N6O5. The third-order valence-electron chi connectivity index (χ3n) is 10.6. The van der Waals surface area contributed by atoms with Crippen LogP contribution in [-0.4, -0.2) is 90.6 Å². The summed E-state index contributed by atoms with van der Waals surface area (Å²) < 4.78 is 136. The van der Waals surface area contributed by atoms with Crippen molar-refractivity contribution in [2.45, 2.75) is 69.6 Å². The molecule has 4 heterocycles. The van der Waals surface area contributed by atoms with Crippen molar-refractivity contribution in [3.63, 3.8) is 0 Å². The molecule has 2 N–H and O–H groups in total. The van der Waals surface area contributed by atoms with E-state index in [9.17, 15) is 54.2 Å². The summed E-state index contributed by atoms with van der Waals surface area (Å²) in [5.41, 5.74) is -3.74. The molecule has 0 radical (unpaired) electrons. The number of hydrogen-bond acceptors (Lipinski definition) is 9. The summed E-state index contributed by atoms with van der Waals surface area (Å²) in [6, 6.07) is 2.65. The zero-order valence-corrected chi connectivity index (χ0v) is 31.2. The van der Waals surface area contributed by atoms with Crippen LogP contribution in [0.3, 0.4) is 0 Å². The van der Waals surface area contributed by atoms with E-state index in [0.29, 0.717) is 69.8 Å². The molecule has 2 saturated heterocycles. The van der Waals surface area contributed by atoms with Gasteiger partial charge in [0.2, 0.25) is 5.95 Å². The fourth-order valence-electron chi connectivity index (χ4n) is 7.55. The second-order valence-corrected chi connectivity index (χ2v) is 14.4. The van der Waals surface area contributed by atoms with Crippen LogP contribution in [0.25, 0.3) is 0 Å². The number of aliphatic carboxylic acids is 1. The van der Waals surface area contributed by atoms with Crippen LogP contribution in [0, 0.1) is 5.92 Å². The van der Waals surface area contributed by atoms with Crippen LogP contribution >= 0.6 is 0 Å². The van der Waals surface area contributed by atoms with Crippen LogP contribution in [0.5, 0.6) is 0 Å².